The third kappa shape index (κ3) is 47.3. The van der Waals surface area contributed by atoms with Crippen LogP contribution in [-0.4, -0.2) is 47.8 Å². The van der Waals surface area contributed by atoms with Gasteiger partial charge in [-0.15, -0.1) is 0 Å². The van der Waals surface area contributed by atoms with Crippen molar-refractivity contribution in [2.75, 3.05) is 19.8 Å². The summed E-state index contributed by atoms with van der Waals surface area (Å²) in [6.07, 6.45) is 55.6. The number of carbonyl (C=O) groups excluding carboxylic acids is 1. The van der Waals surface area contributed by atoms with Gasteiger partial charge in [-0.2, -0.15) is 0 Å². The molecule has 5 N–H and O–H groups in total. The molecule has 0 saturated carbocycles. The molecule has 0 spiro atoms. The number of unbranched alkanes of at least 4 members (excludes halogenated alkanes) is 40. The van der Waals surface area contributed by atoms with Crippen LogP contribution in [0.2, 0.25) is 0 Å². The van der Waals surface area contributed by atoms with Crippen molar-refractivity contribution in [3.63, 3.8) is 0 Å². The van der Waals surface area contributed by atoms with Gasteiger partial charge in [-0.3, -0.25) is 13.8 Å². The van der Waals surface area contributed by atoms with Gasteiger partial charge in [0, 0.05) is 13.0 Å². The second kappa shape index (κ2) is 48.9. The molecule has 0 aliphatic heterocycles. The number of hydrogen-bond acceptors (Lipinski definition) is 6. The summed E-state index contributed by atoms with van der Waals surface area (Å²) in [6, 6.07) is -0.769. The van der Waals surface area contributed by atoms with E-state index in [-0.39, 0.29) is 25.7 Å². The number of carbonyl (C=O) groups is 1. The zero-order valence-corrected chi connectivity index (χ0v) is 41.8. The van der Waals surface area contributed by atoms with E-state index >= 15 is 0 Å². The lowest BCUT2D eigenvalue weighted by Crippen LogP contribution is -2.46. The molecule has 0 heterocycles. The van der Waals surface area contributed by atoms with E-state index in [1.54, 1.807) is 0 Å². The normalized spacial score (nSPS) is 13.7. The lowest BCUT2D eigenvalue weighted by atomic mass is 10.0. The number of rotatable bonds is 52. The van der Waals surface area contributed by atoms with Crippen LogP contribution in [0.1, 0.15) is 296 Å². The first-order chi connectivity index (χ1) is 29.9. The van der Waals surface area contributed by atoms with Gasteiger partial charge in [0.2, 0.25) is 5.91 Å². The van der Waals surface area contributed by atoms with Crippen LogP contribution >= 0.6 is 7.82 Å². The summed E-state index contributed by atoms with van der Waals surface area (Å²) in [7, 11) is -4.32. The molecule has 8 nitrogen and oxygen atoms in total. The van der Waals surface area contributed by atoms with Crippen LogP contribution in [0.3, 0.4) is 0 Å². The van der Waals surface area contributed by atoms with Gasteiger partial charge in [-0.05, 0) is 12.8 Å². The monoisotopic (exact) mass is 887 g/mol. The van der Waals surface area contributed by atoms with Gasteiger partial charge in [0.25, 0.3) is 0 Å². The minimum atomic E-state index is -4.32. The number of amides is 1. The van der Waals surface area contributed by atoms with E-state index in [0.29, 0.717) is 12.8 Å². The van der Waals surface area contributed by atoms with Crippen LogP contribution in [-0.2, 0) is 18.4 Å². The zero-order chi connectivity index (χ0) is 44.6. The van der Waals surface area contributed by atoms with Gasteiger partial charge in [0.05, 0.1) is 25.4 Å². The molecule has 3 atom stereocenters. The van der Waals surface area contributed by atoms with Gasteiger partial charge in [-0.25, -0.2) is 4.57 Å². The molecule has 3 unspecified atom stereocenters. The van der Waals surface area contributed by atoms with Crippen molar-refractivity contribution in [2.24, 2.45) is 5.73 Å². The van der Waals surface area contributed by atoms with Crippen molar-refractivity contribution in [1.82, 2.24) is 5.32 Å². The van der Waals surface area contributed by atoms with Crippen molar-refractivity contribution in [1.29, 1.82) is 0 Å². The summed E-state index contributed by atoms with van der Waals surface area (Å²) < 4.78 is 22.3. The number of phosphoric acid groups is 1. The van der Waals surface area contributed by atoms with E-state index < -0.39 is 20.0 Å². The first kappa shape index (κ1) is 60.5. The van der Waals surface area contributed by atoms with Crippen LogP contribution in [0.5, 0.6) is 0 Å². The average molecular weight is 887 g/mol. The largest absolute Gasteiger partial charge is 0.472 e. The van der Waals surface area contributed by atoms with Crippen molar-refractivity contribution >= 4 is 13.7 Å². The quantitative estimate of drug-likeness (QED) is 0.0353. The molecule has 0 bridgehead atoms. The fraction of sp³-hybridized carbons (Fsp3) is 0.981. The molecule has 61 heavy (non-hydrogen) atoms. The Kier molecular flexibility index (Phi) is 48.5. The highest BCUT2D eigenvalue weighted by atomic mass is 31.2. The second-order valence-electron chi connectivity index (χ2n) is 18.8. The van der Waals surface area contributed by atoms with E-state index in [2.05, 4.69) is 19.2 Å². The lowest BCUT2D eigenvalue weighted by molar-refractivity contribution is -0.123. The average Bonchev–Trinajstić information content (AvgIpc) is 3.25. The van der Waals surface area contributed by atoms with E-state index in [9.17, 15) is 19.4 Å². The maximum atomic E-state index is 12.9. The molecule has 0 aliphatic rings. The number of aliphatic hydroxyl groups is 1. The lowest BCUT2D eigenvalue weighted by Gasteiger charge is -2.25. The Morgan fingerprint density at radius 3 is 1.05 bits per heavy atom. The summed E-state index contributed by atoms with van der Waals surface area (Å²) in [5.41, 5.74) is 5.41. The van der Waals surface area contributed by atoms with Gasteiger partial charge in [0.15, 0.2) is 0 Å². The van der Waals surface area contributed by atoms with Gasteiger partial charge < -0.3 is 21.1 Å². The smallest absolute Gasteiger partial charge is 0.391 e. The Labute approximate surface area is 380 Å². The molecule has 0 radical (unpaired) electrons. The van der Waals surface area contributed by atoms with Crippen molar-refractivity contribution < 1.29 is 28.4 Å². The van der Waals surface area contributed by atoms with E-state index in [1.165, 1.54) is 231 Å². The molecular formula is C52H107N2O6P. The molecule has 0 fully saturated rings. The number of nitrogens with one attached hydrogen (secondary N) is 1. The van der Waals surface area contributed by atoms with E-state index in [1.807, 2.05) is 0 Å². The maximum Gasteiger partial charge on any atom is 0.472 e. The Morgan fingerprint density at radius 2 is 0.754 bits per heavy atom. The summed E-state index contributed by atoms with van der Waals surface area (Å²) in [5, 5.41) is 13.9. The van der Waals surface area contributed by atoms with E-state index in [4.69, 9.17) is 14.8 Å². The third-order valence-electron chi connectivity index (χ3n) is 12.7. The number of nitrogens with two attached hydrogens (primary N) is 1. The van der Waals surface area contributed by atoms with Gasteiger partial charge in [-0.1, -0.05) is 277 Å². The third-order valence-corrected chi connectivity index (χ3v) is 13.7. The highest BCUT2D eigenvalue weighted by molar-refractivity contribution is 7.47. The SMILES string of the molecule is CCCCCCCCCCCCCCCCCCCCCCCCCC(=O)NC(COP(=O)(O)OCCN)C(O)CCCCCCCCCCCCCCCCCCCCC. The molecule has 0 aromatic rings. The molecule has 0 rings (SSSR count). The van der Waals surface area contributed by atoms with Crippen molar-refractivity contribution in [2.45, 2.75) is 309 Å². The summed E-state index contributed by atoms with van der Waals surface area (Å²) in [5.74, 6) is -0.153. The molecule has 0 aromatic heterocycles. The Hall–Kier alpha value is -0.500. The Bertz CT molecular complexity index is 926. The van der Waals surface area contributed by atoms with Crippen LogP contribution < -0.4 is 11.1 Å². The van der Waals surface area contributed by atoms with Crippen LogP contribution in [0.4, 0.5) is 0 Å². The fourth-order valence-electron chi connectivity index (χ4n) is 8.61. The minimum Gasteiger partial charge on any atom is -0.391 e. The second-order valence-corrected chi connectivity index (χ2v) is 20.3. The first-order valence-electron chi connectivity index (χ1n) is 27.2. The van der Waals surface area contributed by atoms with Gasteiger partial charge in [0.1, 0.15) is 0 Å². The predicted molar refractivity (Wildman–Crippen MR) is 263 cm³/mol. The summed E-state index contributed by atoms with van der Waals surface area (Å²) >= 11 is 0. The minimum absolute atomic E-state index is 0.0929. The molecule has 1 amide bonds. The maximum absolute atomic E-state index is 12.9. The molecule has 0 aromatic carbocycles. The first-order valence-corrected chi connectivity index (χ1v) is 28.6. The number of hydrogen-bond donors (Lipinski definition) is 4. The molecular weight excluding hydrogens is 780 g/mol. The van der Waals surface area contributed by atoms with Crippen LogP contribution in [0, 0.1) is 0 Å². The zero-order valence-electron chi connectivity index (χ0n) is 40.9. The molecule has 366 valence electrons. The standard InChI is InChI=1S/C52H107N2O6P/c1-3-5-7-9-11-13-15-17-19-21-23-24-25-26-28-30-32-34-36-38-40-42-44-46-52(56)54-50(49-60-61(57,58)59-48-47-53)51(55)45-43-41-39-37-35-33-31-29-27-22-20-18-16-14-12-10-8-6-4-2/h50-51,55H,3-49,53H2,1-2H3,(H,54,56)(H,57,58). The number of phosphoric ester groups is 1. The molecule has 0 aliphatic carbocycles. The van der Waals surface area contributed by atoms with E-state index in [0.717, 1.165) is 38.5 Å². The number of aliphatic hydroxyl groups excluding tert-OH is 1. The topological polar surface area (TPSA) is 131 Å². The fourth-order valence-corrected chi connectivity index (χ4v) is 9.37. The van der Waals surface area contributed by atoms with Crippen molar-refractivity contribution in [3.8, 4) is 0 Å². The summed E-state index contributed by atoms with van der Waals surface area (Å²) in [4.78, 5) is 22.9. The highest BCUT2D eigenvalue weighted by Crippen LogP contribution is 2.43. The predicted octanol–water partition coefficient (Wildman–Crippen LogP) is 16.1. The molecule has 9 heteroatoms. The Morgan fingerprint density at radius 1 is 0.475 bits per heavy atom. The summed E-state index contributed by atoms with van der Waals surface area (Å²) in [6.45, 7) is 4.27. The van der Waals surface area contributed by atoms with Crippen molar-refractivity contribution in [3.05, 3.63) is 0 Å². The molecule has 0 saturated heterocycles. The van der Waals surface area contributed by atoms with Crippen LogP contribution in [0.15, 0.2) is 0 Å². The Balaban J connectivity index is 3.96. The van der Waals surface area contributed by atoms with Crippen LogP contribution in [0.25, 0.3) is 0 Å². The van der Waals surface area contributed by atoms with Gasteiger partial charge >= 0.3 is 7.82 Å². The highest BCUT2D eigenvalue weighted by Gasteiger charge is 2.27.